The van der Waals surface area contributed by atoms with Crippen LogP contribution in [-0.4, -0.2) is 25.8 Å². The lowest BCUT2D eigenvalue weighted by molar-refractivity contribution is 0.0654. The molecule has 0 amide bonds. The largest absolute Gasteiger partial charge is 0.385 e. The van der Waals surface area contributed by atoms with Crippen LogP contribution in [0, 0.1) is 16.7 Å². The SMILES string of the molecule is COCCCC1(CNC(C)(C)C)CCC(C(C)(C)C)CC1. The normalized spacial score (nSPS) is 27.9. The molecule has 21 heavy (non-hydrogen) atoms. The van der Waals surface area contributed by atoms with E-state index < -0.39 is 0 Å². The molecule has 0 aliphatic heterocycles. The van der Waals surface area contributed by atoms with E-state index in [9.17, 15) is 0 Å². The van der Waals surface area contributed by atoms with E-state index in [-0.39, 0.29) is 5.54 Å². The Bertz CT molecular complexity index is 290. The molecule has 1 aliphatic carbocycles. The summed E-state index contributed by atoms with van der Waals surface area (Å²) in [6, 6.07) is 0. The molecule has 0 bridgehead atoms. The van der Waals surface area contributed by atoms with Crippen LogP contribution in [0.2, 0.25) is 0 Å². The third kappa shape index (κ3) is 6.69. The lowest BCUT2D eigenvalue weighted by atomic mass is 9.62. The van der Waals surface area contributed by atoms with Crippen molar-refractivity contribution in [2.45, 2.75) is 85.6 Å². The molecule has 2 nitrogen and oxygen atoms in total. The van der Waals surface area contributed by atoms with E-state index in [0.717, 1.165) is 19.1 Å². The quantitative estimate of drug-likeness (QED) is 0.695. The number of nitrogens with one attached hydrogen (secondary N) is 1. The number of hydrogen-bond acceptors (Lipinski definition) is 2. The van der Waals surface area contributed by atoms with Gasteiger partial charge in [-0.25, -0.2) is 0 Å². The van der Waals surface area contributed by atoms with Crippen molar-refractivity contribution in [3.8, 4) is 0 Å². The molecule has 0 heterocycles. The highest BCUT2D eigenvalue weighted by Crippen LogP contribution is 2.47. The molecule has 0 aromatic carbocycles. The fourth-order valence-corrected chi connectivity index (χ4v) is 3.66. The molecule has 2 heteroatoms. The number of ether oxygens (including phenoxy) is 1. The zero-order valence-corrected chi connectivity index (χ0v) is 15.6. The van der Waals surface area contributed by atoms with Gasteiger partial charge in [0.1, 0.15) is 0 Å². The highest BCUT2D eigenvalue weighted by Gasteiger charge is 2.38. The molecule has 0 unspecified atom stereocenters. The first-order chi connectivity index (χ1) is 9.58. The second-order valence-corrected chi connectivity index (χ2v) is 9.34. The van der Waals surface area contributed by atoms with Crippen molar-refractivity contribution in [3.05, 3.63) is 0 Å². The number of hydrogen-bond donors (Lipinski definition) is 1. The Kier molecular flexibility index (Phi) is 6.74. The minimum atomic E-state index is 0.217. The van der Waals surface area contributed by atoms with Gasteiger partial charge in [0.15, 0.2) is 0 Å². The zero-order chi connectivity index (χ0) is 16.1. The molecule has 0 aromatic heterocycles. The van der Waals surface area contributed by atoms with Crippen molar-refractivity contribution in [2.75, 3.05) is 20.3 Å². The lowest BCUT2D eigenvalue weighted by Crippen LogP contribution is -2.46. The molecule has 0 saturated heterocycles. The molecular weight excluding hydrogens is 258 g/mol. The minimum Gasteiger partial charge on any atom is -0.385 e. The predicted octanol–water partition coefficient (Wildman–Crippen LogP) is 5.02. The van der Waals surface area contributed by atoms with E-state index >= 15 is 0 Å². The van der Waals surface area contributed by atoms with Crippen molar-refractivity contribution in [3.63, 3.8) is 0 Å². The van der Waals surface area contributed by atoms with Crippen LogP contribution in [0.15, 0.2) is 0 Å². The number of rotatable bonds is 6. The smallest absolute Gasteiger partial charge is 0.0462 e. The molecule has 0 spiro atoms. The van der Waals surface area contributed by atoms with Gasteiger partial charge >= 0.3 is 0 Å². The second kappa shape index (κ2) is 7.46. The van der Waals surface area contributed by atoms with Crippen molar-refractivity contribution in [2.24, 2.45) is 16.7 Å². The van der Waals surface area contributed by atoms with Crippen LogP contribution in [-0.2, 0) is 4.74 Å². The van der Waals surface area contributed by atoms with E-state index in [1.54, 1.807) is 0 Å². The Labute approximate surface area is 133 Å². The molecule has 1 fully saturated rings. The van der Waals surface area contributed by atoms with Crippen LogP contribution in [0.1, 0.15) is 80.1 Å². The van der Waals surface area contributed by atoms with E-state index in [1.807, 2.05) is 7.11 Å². The second-order valence-electron chi connectivity index (χ2n) is 9.34. The maximum atomic E-state index is 5.28. The first-order valence-electron chi connectivity index (χ1n) is 8.82. The van der Waals surface area contributed by atoms with Crippen LogP contribution in [0.4, 0.5) is 0 Å². The topological polar surface area (TPSA) is 21.3 Å². The first kappa shape index (κ1) is 19.0. The summed E-state index contributed by atoms with van der Waals surface area (Å²) in [6.07, 6.45) is 8.04. The van der Waals surface area contributed by atoms with E-state index in [0.29, 0.717) is 10.8 Å². The maximum Gasteiger partial charge on any atom is 0.0462 e. The summed E-state index contributed by atoms with van der Waals surface area (Å²) in [4.78, 5) is 0. The van der Waals surface area contributed by atoms with Gasteiger partial charge in [-0.1, -0.05) is 20.8 Å². The van der Waals surface area contributed by atoms with E-state index in [4.69, 9.17) is 4.74 Å². The van der Waals surface area contributed by atoms with Gasteiger partial charge in [0.2, 0.25) is 0 Å². The van der Waals surface area contributed by atoms with Gasteiger partial charge in [0, 0.05) is 25.8 Å². The summed E-state index contributed by atoms with van der Waals surface area (Å²) in [5, 5.41) is 3.77. The zero-order valence-electron chi connectivity index (χ0n) is 15.6. The Balaban J connectivity index is 2.62. The van der Waals surface area contributed by atoms with Crippen molar-refractivity contribution < 1.29 is 4.74 Å². The van der Waals surface area contributed by atoms with Crippen LogP contribution < -0.4 is 5.32 Å². The summed E-state index contributed by atoms with van der Waals surface area (Å²) in [6.45, 7) is 16.1. The van der Waals surface area contributed by atoms with Gasteiger partial charge < -0.3 is 10.1 Å². The summed E-state index contributed by atoms with van der Waals surface area (Å²) in [7, 11) is 1.82. The van der Waals surface area contributed by atoms with Crippen LogP contribution in [0.25, 0.3) is 0 Å². The van der Waals surface area contributed by atoms with Crippen LogP contribution in [0.5, 0.6) is 0 Å². The Hall–Kier alpha value is -0.0800. The van der Waals surface area contributed by atoms with Gasteiger partial charge in [-0.05, 0) is 76.0 Å². The van der Waals surface area contributed by atoms with Gasteiger partial charge in [-0.3, -0.25) is 0 Å². The lowest BCUT2D eigenvalue weighted by Gasteiger charge is -2.45. The third-order valence-electron chi connectivity index (χ3n) is 5.32. The third-order valence-corrected chi connectivity index (χ3v) is 5.32. The molecule has 126 valence electrons. The van der Waals surface area contributed by atoms with Gasteiger partial charge in [0.05, 0.1) is 0 Å². The molecule has 1 aliphatic rings. The van der Waals surface area contributed by atoms with Crippen molar-refractivity contribution >= 4 is 0 Å². The fraction of sp³-hybridized carbons (Fsp3) is 1.00. The van der Waals surface area contributed by atoms with E-state index in [2.05, 4.69) is 46.9 Å². The molecule has 1 N–H and O–H groups in total. The Morgan fingerprint density at radius 3 is 2.05 bits per heavy atom. The highest BCUT2D eigenvalue weighted by molar-refractivity contribution is 4.91. The van der Waals surface area contributed by atoms with Gasteiger partial charge in [-0.15, -0.1) is 0 Å². The Morgan fingerprint density at radius 2 is 1.62 bits per heavy atom. The van der Waals surface area contributed by atoms with Crippen molar-refractivity contribution in [1.82, 2.24) is 5.32 Å². The summed E-state index contributed by atoms with van der Waals surface area (Å²) in [5.74, 6) is 0.891. The molecule has 1 saturated carbocycles. The standard InChI is InChI=1S/C19H39NO/c1-17(2,3)16-9-12-19(13-10-16,11-8-14-21-7)15-20-18(4,5)6/h16,20H,8-15H2,1-7H3. The van der Waals surface area contributed by atoms with Gasteiger partial charge in [-0.2, -0.15) is 0 Å². The van der Waals surface area contributed by atoms with Crippen molar-refractivity contribution in [1.29, 1.82) is 0 Å². The molecule has 0 aromatic rings. The first-order valence-corrected chi connectivity index (χ1v) is 8.82. The monoisotopic (exact) mass is 297 g/mol. The summed E-state index contributed by atoms with van der Waals surface area (Å²) in [5.41, 5.74) is 1.18. The average Bonchev–Trinajstić information content (AvgIpc) is 2.36. The molecule has 0 radical (unpaired) electrons. The van der Waals surface area contributed by atoms with Gasteiger partial charge in [0.25, 0.3) is 0 Å². The Morgan fingerprint density at radius 1 is 1.05 bits per heavy atom. The summed E-state index contributed by atoms with van der Waals surface area (Å²) < 4.78 is 5.28. The average molecular weight is 298 g/mol. The molecular formula is C19H39NO. The summed E-state index contributed by atoms with van der Waals surface area (Å²) >= 11 is 0. The van der Waals surface area contributed by atoms with E-state index in [1.165, 1.54) is 38.5 Å². The predicted molar refractivity (Wildman–Crippen MR) is 92.7 cm³/mol. The number of methoxy groups -OCH3 is 1. The molecule has 0 atom stereocenters. The van der Waals surface area contributed by atoms with Crippen LogP contribution >= 0.6 is 0 Å². The fourth-order valence-electron chi connectivity index (χ4n) is 3.66. The minimum absolute atomic E-state index is 0.217. The highest BCUT2D eigenvalue weighted by atomic mass is 16.5. The maximum absolute atomic E-state index is 5.28. The van der Waals surface area contributed by atoms with Crippen LogP contribution in [0.3, 0.4) is 0 Å². The molecule has 1 rings (SSSR count).